The van der Waals surface area contributed by atoms with Crippen LogP contribution in [0.2, 0.25) is 0 Å². The molecule has 3 saturated carbocycles. The van der Waals surface area contributed by atoms with Crippen LogP contribution >= 0.6 is 11.8 Å². The lowest BCUT2D eigenvalue weighted by atomic mass is 9.50. The Labute approximate surface area is 106 Å². The fourth-order valence-corrected chi connectivity index (χ4v) is 3.15. The van der Waals surface area contributed by atoms with Gasteiger partial charge in [-0.1, -0.05) is 11.8 Å². The molecular weight excluding hydrogens is 232 g/mol. The fraction of sp³-hybridized carbons (Fsp3) is 0.667. The Balaban J connectivity index is 1.68. The summed E-state index contributed by atoms with van der Waals surface area (Å²) in [6.07, 6.45) is 8.03. The molecule has 2 N–H and O–H groups in total. The van der Waals surface area contributed by atoms with Crippen LogP contribution in [0.1, 0.15) is 24.8 Å². The van der Waals surface area contributed by atoms with Gasteiger partial charge >= 0.3 is 0 Å². The van der Waals surface area contributed by atoms with E-state index in [1.54, 1.807) is 11.8 Å². The van der Waals surface area contributed by atoms with Crippen molar-refractivity contribution in [1.82, 2.24) is 15.3 Å². The van der Waals surface area contributed by atoms with Gasteiger partial charge in [-0.15, -0.1) is 0 Å². The summed E-state index contributed by atoms with van der Waals surface area (Å²) in [5.74, 6) is 1.96. The van der Waals surface area contributed by atoms with Crippen molar-refractivity contribution in [2.45, 2.75) is 36.5 Å². The largest absolute Gasteiger partial charge is 0.373 e. The van der Waals surface area contributed by atoms with Crippen molar-refractivity contribution < 1.29 is 0 Å². The summed E-state index contributed by atoms with van der Waals surface area (Å²) < 4.78 is 0. The molecule has 4 rings (SSSR count). The predicted molar refractivity (Wildman–Crippen MR) is 70.3 cm³/mol. The fourth-order valence-electron chi connectivity index (χ4n) is 2.81. The highest BCUT2D eigenvalue weighted by Gasteiger charge is 2.55. The second kappa shape index (κ2) is 4.14. The number of hydrogen-bond donors (Lipinski definition) is 2. The van der Waals surface area contributed by atoms with Gasteiger partial charge in [0.15, 0.2) is 5.16 Å². The Bertz CT molecular complexity index is 417. The molecule has 0 aromatic carbocycles. The molecule has 0 saturated heterocycles. The number of rotatable bonds is 5. The monoisotopic (exact) mass is 250 g/mol. The number of aromatic nitrogens is 2. The summed E-state index contributed by atoms with van der Waals surface area (Å²) in [7, 11) is 1.91. The first kappa shape index (κ1) is 11.3. The molecular formula is C12H18N4S. The van der Waals surface area contributed by atoms with Crippen molar-refractivity contribution in [3.8, 4) is 0 Å². The Morgan fingerprint density at radius 1 is 1.47 bits per heavy atom. The van der Waals surface area contributed by atoms with Gasteiger partial charge < -0.3 is 10.6 Å². The Kier molecular flexibility index (Phi) is 2.75. The van der Waals surface area contributed by atoms with Gasteiger partial charge in [0, 0.05) is 30.9 Å². The van der Waals surface area contributed by atoms with E-state index in [0.29, 0.717) is 5.54 Å². The first-order chi connectivity index (χ1) is 8.24. The zero-order valence-corrected chi connectivity index (χ0v) is 11.1. The Morgan fingerprint density at radius 3 is 2.76 bits per heavy atom. The first-order valence-corrected chi connectivity index (χ1v) is 7.30. The normalized spacial score (nSPS) is 29.4. The van der Waals surface area contributed by atoms with Crippen LogP contribution in [0.5, 0.6) is 0 Å². The maximum Gasteiger partial charge on any atom is 0.189 e. The Hall–Kier alpha value is -0.810. The van der Waals surface area contributed by atoms with E-state index in [2.05, 4.69) is 20.6 Å². The van der Waals surface area contributed by atoms with Gasteiger partial charge in [0.05, 0.1) is 0 Å². The van der Waals surface area contributed by atoms with E-state index in [9.17, 15) is 0 Å². The molecule has 0 radical (unpaired) electrons. The van der Waals surface area contributed by atoms with Crippen molar-refractivity contribution >= 4 is 17.6 Å². The number of thioether (sulfide) groups is 1. The van der Waals surface area contributed by atoms with Crippen molar-refractivity contribution in [2.24, 2.45) is 5.92 Å². The van der Waals surface area contributed by atoms with Crippen molar-refractivity contribution in [3.05, 3.63) is 11.8 Å². The zero-order valence-electron chi connectivity index (χ0n) is 10.3. The summed E-state index contributed by atoms with van der Waals surface area (Å²) in [6.45, 7) is 0.873. The van der Waals surface area contributed by atoms with E-state index in [1.165, 1.54) is 19.3 Å². The molecule has 1 aromatic heterocycles. The van der Waals surface area contributed by atoms with Crippen LogP contribution in [0.15, 0.2) is 11.4 Å². The lowest BCUT2D eigenvalue weighted by Crippen LogP contribution is -2.66. The maximum atomic E-state index is 4.47. The molecule has 17 heavy (non-hydrogen) atoms. The summed E-state index contributed by atoms with van der Waals surface area (Å²) in [6, 6.07) is 0. The zero-order chi connectivity index (χ0) is 11.9. The third kappa shape index (κ3) is 1.91. The molecule has 0 unspecified atom stereocenters. The minimum Gasteiger partial charge on any atom is -0.373 e. The molecule has 0 atom stereocenters. The average molecular weight is 250 g/mol. The number of nitrogens with one attached hydrogen (secondary N) is 2. The minimum absolute atomic E-state index is 0.466. The third-order valence-electron chi connectivity index (χ3n) is 3.95. The highest BCUT2D eigenvalue weighted by Crippen LogP contribution is 2.57. The number of nitrogens with zero attached hydrogens (tertiary/aromatic N) is 2. The van der Waals surface area contributed by atoms with Crippen molar-refractivity contribution in [3.63, 3.8) is 0 Å². The van der Waals surface area contributed by atoms with Gasteiger partial charge in [0.25, 0.3) is 0 Å². The van der Waals surface area contributed by atoms with Crippen LogP contribution in [-0.2, 0) is 6.54 Å². The lowest BCUT2D eigenvalue weighted by molar-refractivity contribution is -0.0519. The standard InChI is InChI=1S/C12H18N4S/c1-13-10-9(6-14-11(16-10)17-2)7-15-12-3-8(4-12)5-12/h6,8,15H,3-5,7H2,1-2H3,(H,13,14,16). The summed E-state index contributed by atoms with van der Waals surface area (Å²) in [4.78, 5) is 8.80. The van der Waals surface area contributed by atoms with Gasteiger partial charge in [-0.05, 0) is 31.4 Å². The van der Waals surface area contributed by atoms with Gasteiger partial charge in [0.2, 0.25) is 0 Å². The molecule has 92 valence electrons. The molecule has 0 amide bonds. The molecule has 0 spiro atoms. The van der Waals surface area contributed by atoms with E-state index in [4.69, 9.17) is 0 Å². The van der Waals surface area contributed by atoms with Crippen LogP contribution < -0.4 is 10.6 Å². The SMILES string of the molecule is CNc1nc(SC)ncc1CNC12CC(C1)C2. The Morgan fingerprint density at radius 2 is 2.24 bits per heavy atom. The number of hydrogen-bond acceptors (Lipinski definition) is 5. The van der Waals surface area contributed by atoms with Crippen LogP contribution in [-0.4, -0.2) is 28.8 Å². The molecule has 3 aliphatic rings. The maximum absolute atomic E-state index is 4.47. The van der Waals surface area contributed by atoms with E-state index < -0.39 is 0 Å². The minimum atomic E-state index is 0.466. The molecule has 2 bridgehead atoms. The smallest absolute Gasteiger partial charge is 0.189 e. The molecule has 4 nitrogen and oxygen atoms in total. The second-order valence-corrected chi connectivity index (χ2v) is 5.87. The summed E-state index contributed by atoms with van der Waals surface area (Å²) in [5, 5.41) is 7.64. The summed E-state index contributed by atoms with van der Waals surface area (Å²) in [5.41, 5.74) is 1.63. The van der Waals surface area contributed by atoms with Gasteiger partial charge in [-0.2, -0.15) is 0 Å². The van der Waals surface area contributed by atoms with Crippen LogP contribution in [0.3, 0.4) is 0 Å². The number of anilines is 1. The molecule has 3 fully saturated rings. The third-order valence-corrected chi connectivity index (χ3v) is 4.52. The van der Waals surface area contributed by atoms with Gasteiger partial charge in [-0.25, -0.2) is 9.97 Å². The van der Waals surface area contributed by atoms with E-state index in [0.717, 1.165) is 29.0 Å². The molecule has 3 aliphatic carbocycles. The highest BCUT2D eigenvalue weighted by molar-refractivity contribution is 7.98. The van der Waals surface area contributed by atoms with Crippen LogP contribution in [0.4, 0.5) is 5.82 Å². The second-order valence-electron chi connectivity index (χ2n) is 5.09. The molecule has 1 heterocycles. The molecule has 0 aliphatic heterocycles. The van der Waals surface area contributed by atoms with Crippen molar-refractivity contribution in [2.75, 3.05) is 18.6 Å². The van der Waals surface area contributed by atoms with E-state index in [-0.39, 0.29) is 0 Å². The van der Waals surface area contributed by atoms with E-state index in [1.807, 2.05) is 19.5 Å². The van der Waals surface area contributed by atoms with E-state index >= 15 is 0 Å². The highest BCUT2D eigenvalue weighted by atomic mass is 32.2. The van der Waals surface area contributed by atoms with Gasteiger partial charge in [-0.3, -0.25) is 0 Å². The molecule has 1 aromatic rings. The average Bonchev–Trinajstić information content (AvgIpc) is 2.25. The first-order valence-electron chi connectivity index (χ1n) is 6.07. The lowest BCUT2D eigenvalue weighted by Gasteiger charge is -2.62. The topological polar surface area (TPSA) is 49.8 Å². The van der Waals surface area contributed by atoms with Crippen molar-refractivity contribution in [1.29, 1.82) is 0 Å². The summed E-state index contributed by atoms with van der Waals surface area (Å²) >= 11 is 1.57. The molecule has 5 heteroatoms. The van der Waals surface area contributed by atoms with Gasteiger partial charge in [0.1, 0.15) is 5.82 Å². The predicted octanol–water partition coefficient (Wildman–Crippen LogP) is 1.88. The van der Waals surface area contributed by atoms with Crippen LogP contribution in [0, 0.1) is 5.92 Å². The van der Waals surface area contributed by atoms with Crippen LogP contribution in [0.25, 0.3) is 0 Å². The quantitative estimate of drug-likeness (QED) is 0.617.